The highest BCUT2D eigenvalue weighted by Gasteiger charge is 2.42. The van der Waals surface area contributed by atoms with Gasteiger partial charge >= 0.3 is 0 Å². The van der Waals surface area contributed by atoms with Crippen LogP contribution in [0.4, 0.5) is 5.69 Å². The molecule has 1 aliphatic heterocycles. The zero-order valence-electron chi connectivity index (χ0n) is 15.5. The number of hydrogen-bond acceptors (Lipinski definition) is 5. The molecular weight excluding hydrogens is 350 g/mol. The minimum Gasteiger partial charge on any atom is -0.378 e. The van der Waals surface area contributed by atoms with Crippen molar-refractivity contribution in [2.75, 3.05) is 31.2 Å². The van der Waals surface area contributed by atoms with E-state index in [9.17, 15) is 0 Å². The van der Waals surface area contributed by atoms with Crippen LogP contribution in [0.15, 0.2) is 54.9 Å². The minimum atomic E-state index is 0.424. The fourth-order valence-electron chi connectivity index (χ4n) is 4.27. The molecule has 2 aliphatic rings. The molecule has 6 nitrogen and oxygen atoms in total. The molecule has 28 heavy (non-hydrogen) atoms. The average Bonchev–Trinajstić information content (AvgIpc) is 3.44. The smallest absolute Gasteiger partial charge is 0.177 e. The Balaban J connectivity index is 1.31. The Morgan fingerprint density at radius 2 is 1.75 bits per heavy atom. The molecule has 6 rings (SSSR count). The van der Waals surface area contributed by atoms with Crippen molar-refractivity contribution in [2.24, 2.45) is 0 Å². The molecule has 0 amide bonds. The van der Waals surface area contributed by atoms with Crippen molar-refractivity contribution in [3.8, 4) is 0 Å². The molecule has 0 N–H and O–H groups in total. The molecule has 3 aromatic heterocycles. The number of imidazole rings is 1. The van der Waals surface area contributed by atoms with Crippen LogP contribution in [0.2, 0.25) is 0 Å². The van der Waals surface area contributed by atoms with Gasteiger partial charge in [0.05, 0.1) is 42.5 Å². The summed E-state index contributed by atoms with van der Waals surface area (Å²) in [6.07, 6.45) is 5.05. The second kappa shape index (κ2) is 6.27. The summed E-state index contributed by atoms with van der Waals surface area (Å²) in [6.45, 7) is 3.32. The van der Waals surface area contributed by atoms with Crippen LogP contribution in [0.25, 0.3) is 16.6 Å². The van der Waals surface area contributed by atoms with Crippen LogP contribution >= 0.6 is 0 Å². The van der Waals surface area contributed by atoms with Crippen molar-refractivity contribution in [2.45, 2.75) is 18.3 Å². The van der Waals surface area contributed by atoms with E-state index in [1.807, 2.05) is 16.8 Å². The van der Waals surface area contributed by atoms with Crippen LogP contribution in [-0.2, 0) is 4.74 Å². The molecule has 1 saturated carbocycles. The number of morpholine rings is 1. The first-order chi connectivity index (χ1) is 13.9. The largest absolute Gasteiger partial charge is 0.378 e. The maximum absolute atomic E-state index is 5.49. The quantitative estimate of drug-likeness (QED) is 0.553. The lowest BCUT2D eigenvalue weighted by atomic mass is 10.1. The number of nitrogens with zero attached hydrogens (tertiary/aromatic N) is 5. The number of ether oxygens (including phenoxy) is 1. The lowest BCUT2D eigenvalue weighted by molar-refractivity contribution is 0.123. The van der Waals surface area contributed by atoms with Crippen LogP contribution in [-0.4, -0.2) is 45.9 Å². The van der Waals surface area contributed by atoms with Gasteiger partial charge in [-0.05, 0) is 24.6 Å². The Morgan fingerprint density at radius 1 is 0.893 bits per heavy atom. The maximum Gasteiger partial charge on any atom is 0.177 e. The van der Waals surface area contributed by atoms with Crippen LogP contribution in [0, 0.1) is 0 Å². The summed E-state index contributed by atoms with van der Waals surface area (Å²) in [5, 5.41) is 5.68. The summed E-state index contributed by atoms with van der Waals surface area (Å²) in [5.74, 6) is 0.870. The summed E-state index contributed by atoms with van der Waals surface area (Å²) in [6, 6.07) is 14.7. The van der Waals surface area contributed by atoms with Gasteiger partial charge in [-0.15, -0.1) is 0 Å². The number of aromatic nitrogens is 4. The Labute approximate surface area is 162 Å². The minimum absolute atomic E-state index is 0.424. The van der Waals surface area contributed by atoms with Crippen molar-refractivity contribution in [3.05, 3.63) is 66.2 Å². The second-order valence-corrected chi connectivity index (χ2v) is 7.63. The molecule has 4 aromatic rings. The summed E-state index contributed by atoms with van der Waals surface area (Å²) in [7, 11) is 0. The van der Waals surface area contributed by atoms with Crippen molar-refractivity contribution >= 4 is 22.2 Å². The van der Waals surface area contributed by atoms with E-state index in [-0.39, 0.29) is 0 Å². The van der Waals surface area contributed by atoms with Gasteiger partial charge < -0.3 is 9.64 Å². The van der Waals surface area contributed by atoms with Crippen LogP contribution in [0.1, 0.15) is 29.6 Å². The van der Waals surface area contributed by atoms with Gasteiger partial charge in [0.15, 0.2) is 5.65 Å². The average molecular weight is 371 g/mol. The van der Waals surface area contributed by atoms with E-state index >= 15 is 0 Å². The van der Waals surface area contributed by atoms with Gasteiger partial charge in [-0.2, -0.15) is 5.10 Å². The monoisotopic (exact) mass is 371 g/mol. The van der Waals surface area contributed by atoms with E-state index in [0.717, 1.165) is 55.3 Å². The normalized spacial score (nSPS) is 22.1. The Kier molecular flexibility index (Phi) is 3.59. The molecule has 2 atom stereocenters. The Hall–Kier alpha value is -2.99. The van der Waals surface area contributed by atoms with Gasteiger partial charge in [0.1, 0.15) is 0 Å². The molecule has 1 aromatic carbocycles. The molecule has 140 valence electrons. The Morgan fingerprint density at radius 3 is 2.68 bits per heavy atom. The van der Waals surface area contributed by atoms with E-state index < -0.39 is 0 Å². The lowest BCUT2D eigenvalue weighted by Gasteiger charge is -2.28. The number of fused-ring (bicyclic) bond motifs is 2. The van der Waals surface area contributed by atoms with Gasteiger partial charge in [-0.25, -0.2) is 9.50 Å². The molecule has 1 aliphatic carbocycles. The number of pyridine rings is 1. The highest BCUT2D eigenvalue weighted by Crippen LogP contribution is 2.54. The summed E-state index contributed by atoms with van der Waals surface area (Å²) in [4.78, 5) is 12.2. The SMILES string of the molecule is c1ccc2nc(C3CC3c3cn4nccc(N5CCOCC5)c4n3)ccc2c1. The molecule has 2 fully saturated rings. The third-order valence-electron chi connectivity index (χ3n) is 5.88. The molecule has 0 radical (unpaired) electrons. The van der Waals surface area contributed by atoms with Gasteiger partial charge in [0.2, 0.25) is 0 Å². The summed E-state index contributed by atoms with van der Waals surface area (Å²) >= 11 is 0. The predicted octanol–water partition coefficient (Wildman–Crippen LogP) is 3.39. The van der Waals surface area contributed by atoms with Gasteiger partial charge in [-0.3, -0.25) is 4.98 Å². The first-order valence-corrected chi connectivity index (χ1v) is 9.89. The fraction of sp³-hybridized carbons (Fsp3) is 0.318. The predicted molar refractivity (Wildman–Crippen MR) is 108 cm³/mol. The standard InChI is InChI=1S/C22H21N5O/c1-2-4-18-15(3-1)5-6-19(24-18)16-13-17(16)20-14-27-22(25-20)21(7-8-23-27)26-9-11-28-12-10-26/h1-8,14,16-17H,9-13H2. The number of para-hydroxylation sites is 1. The number of anilines is 1. The number of hydrogen-bond donors (Lipinski definition) is 0. The number of rotatable bonds is 3. The first kappa shape index (κ1) is 16.0. The Bertz CT molecular complexity index is 1160. The fourth-order valence-corrected chi connectivity index (χ4v) is 4.27. The zero-order valence-corrected chi connectivity index (χ0v) is 15.5. The molecule has 6 heteroatoms. The molecule has 0 bridgehead atoms. The maximum atomic E-state index is 5.49. The molecule has 4 heterocycles. The summed E-state index contributed by atoms with van der Waals surface area (Å²) in [5.41, 5.74) is 5.44. The third-order valence-corrected chi connectivity index (χ3v) is 5.88. The third kappa shape index (κ3) is 2.64. The van der Waals surface area contributed by atoms with E-state index in [4.69, 9.17) is 14.7 Å². The molecule has 1 saturated heterocycles. The van der Waals surface area contributed by atoms with Gasteiger partial charge in [0.25, 0.3) is 0 Å². The lowest BCUT2D eigenvalue weighted by Crippen LogP contribution is -2.36. The van der Waals surface area contributed by atoms with Crippen molar-refractivity contribution in [3.63, 3.8) is 0 Å². The van der Waals surface area contributed by atoms with Crippen molar-refractivity contribution in [1.82, 2.24) is 19.6 Å². The molecule has 0 spiro atoms. The van der Waals surface area contributed by atoms with Crippen molar-refractivity contribution in [1.29, 1.82) is 0 Å². The highest BCUT2D eigenvalue weighted by molar-refractivity contribution is 5.78. The van der Waals surface area contributed by atoms with Crippen molar-refractivity contribution < 1.29 is 4.74 Å². The summed E-state index contributed by atoms with van der Waals surface area (Å²) < 4.78 is 7.41. The molecular formula is C22H21N5O. The van der Waals surface area contributed by atoms with Crippen LogP contribution < -0.4 is 4.90 Å². The van der Waals surface area contributed by atoms with Crippen LogP contribution in [0.5, 0.6) is 0 Å². The first-order valence-electron chi connectivity index (χ1n) is 9.89. The van der Waals surface area contributed by atoms with E-state index in [1.165, 1.54) is 11.1 Å². The van der Waals surface area contributed by atoms with Gasteiger partial charge in [0, 0.05) is 36.0 Å². The van der Waals surface area contributed by atoms with E-state index in [0.29, 0.717) is 11.8 Å². The topological polar surface area (TPSA) is 55.5 Å². The second-order valence-electron chi connectivity index (χ2n) is 7.63. The highest BCUT2D eigenvalue weighted by atomic mass is 16.5. The molecule has 2 unspecified atom stereocenters. The van der Waals surface area contributed by atoms with Gasteiger partial charge in [-0.1, -0.05) is 24.3 Å². The number of benzene rings is 1. The van der Waals surface area contributed by atoms with E-state index in [2.05, 4.69) is 52.6 Å². The van der Waals surface area contributed by atoms with E-state index in [1.54, 1.807) is 0 Å². The zero-order chi connectivity index (χ0) is 18.5. The van der Waals surface area contributed by atoms with Crippen LogP contribution in [0.3, 0.4) is 0 Å².